The standard InChI is InChI=1S/C14H14O/c15-9-14-12-4-2-1-3-10(12)7-8-13(14)11-5-6-11/h1-4,7-8,11,15H,5-6,9H2. The van der Waals surface area contributed by atoms with E-state index in [9.17, 15) is 5.11 Å². The van der Waals surface area contributed by atoms with Crippen LogP contribution in [0.4, 0.5) is 0 Å². The fourth-order valence-corrected chi connectivity index (χ4v) is 2.31. The van der Waals surface area contributed by atoms with Crippen molar-refractivity contribution in [3.8, 4) is 0 Å². The molecule has 1 saturated carbocycles. The first-order valence-electron chi connectivity index (χ1n) is 5.51. The highest BCUT2D eigenvalue weighted by atomic mass is 16.3. The molecule has 3 rings (SSSR count). The van der Waals surface area contributed by atoms with Crippen molar-refractivity contribution >= 4 is 10.8 Å². The number of hydrogen-bond acceptors (Lipinski definition) is 1. The van der Waals surface area contributed by atoms with Gasteiger partial charge in [-0.15, -0.1) is 0 Å². The molecule has 0 spiro atoms. The van der Waals surface area contributed by atoms with E-state index in [1.807, 2.05) is 12.1 Å². The predicted molar refractivity (Wildman–Crippen MR) is 61.8 cm³/mol. The van der Waals surface area contributed by atoms with Crippen molar-refractivity contribution in [2.75, 3.05) is 0 Å². The molecule has 0 radical (unpaired) electrons. The molecule has 15 heavy (non-hydrogen) atoms. The molecule has 76 valence electrons. The van der Waals surface area contributed by atoms with E-state index in [1.54, 1.807) is 0 Å². The van der Waals surface area contributed by atoms with Gasteiger partial charge in [0.1, 0.15) is 0 Å². The average Bonchev–Trinajstić information content (AvgIpc) is 3.11. The Morgan fingerprint density at radius 3 is 2.60 bits per heavy atom. The zero-order valence-electron chi connectivity index (χ0n) is 8.61. The van der Waals surface area contributed by atoms with Crippen LogP contribution in [0.2, 0.25) is 0 Å². The van der Waals surface area contributed by atoms with Gasteiger partial charge in [-0.25, -0.2) is 0 Å². The quantitative estimate of drug-likeness (QED) is 0.785. The summed E-state index contributed by atoms with van der Waals surface area (Å²) in [6.07, 6.45) is 2.57. The third-order valence-electron chi connectivity index (χ3n) is 3.25. The molecule has 1 fully saturated rings. The predicted octanol–water partition coefficient (Wildman–Crippen LogP) is 3.21. The van der Waals surface area contributed by atoms with Crippen LogP contribution in [0.25, 0.3) is 10.8 Å². The van der Waals surface area contributed by atoms with Crippen molar-refractivity contribution in [2.24, 2.45) is 0 Å². The molecule has 0 atom stereocenters. The molecular weight excluding hydrogens is 184 g/mol. The number of hydrogen-bond donors (Lipinski definition) is 1. The number of rotatable bonds is 2. The van der Waals surface area contributed by atoms with Crippen LogP contribution in [-0.2, 0) is 6.61 Å². The second kappa shape index (κ2) is 3.35. The first-order valence-corrected chi connectivity index (χ1v) is 5.51. The van der Waals surface area contributed by atoms with Gasteiger partial charge in [0.2, 0.25) is 0 Å². The lowest BCUT2D eigenvalue weighted by atomic mass is 9.97. The highest BCUT2D eigenvalue weighted by Crippen LogP contribution is 2.43. The van der Waals surface area contributed by atoms with Gasteiger partial charge in [0, 0.05) is 0 Å². The molecule has 0 amide bonds. The minimum absolute atomic E-state index is 0.160. The summed E-state index contributed by atoms with van der Waals surface area (Å²) in [6.45, 7) is 0.160. The van der Waals surface area contributed by atoms with Gasteiger partial charge < -0.3 is 5.11 Å². The second-order valence-corrected chi connectivity index (χ2v) is 4.29. The molecule has 1 aliphatic rings. The maximum atomic E-state index is 9.49. The van der Waals surface area contributed by atoms with Gasteiger partial charge in [0.25, 0.3) is 0 Å². The van der Waals surface area contributed by atoms with Crippen molar-refractivity contribution in [3.63, 3.8) is 0 Å². The summed E-state index contributed by atoms with van der Waals surface area (Å²) in [7, 11) is 0. The molecule has 2 aromatic rings. The van der Waals surface area contributed by atoms with Crippen LogP contribution in [0.15, 0.2) is 36.4 Å². The third kappa shape index (κ3) is 1.44. The maximum Gasteiger partial charge on any atom is 0.0690 e. The summed E-state index contributed by atoms with van der Waals surface area (Å²) in [5, 5.41) is 11.9. The molecule has 0 bridgehead atoms. The fraction of sp³-hybridized carbons (Fsp3) is 0.286. The summed E-state index contributed by atoms with van der Waals surface area (Å²) in [5.41, 5.74) is 2.49. The van der Waals surface area contributed by atoms with Gasteiger partial charge in [-0.05, 0) is 40.7 Å². The Kier molecular flexibility index (Phi) is 2.00. The Morgan fingerprint density at radius 1 is 1.07 bits per heavy atom. The summed E-state index contributed by atoms with van der Waals surface area (Å²) in [5.74, 6) is 0.705. The SMILES string of the molecule is OCc1c(C2CC2)ccc2ccccc12. The Hall–Kier alpha value is -1.34. The van der Waals surface area contributed by atoms with E-state index in [2.05, 4.69) is 24.3 Å². The first kappa shape index (κ1) is 8.93. The van der Waals surface area contributed by atoms with Crippen LogP contribution in [0.3, 0.4) is 0 Å². The van der Waals surface area contributed by atoms with Crippen LogP contribution >= 0.6 is 0 Å². The van der Waals surface area contributed by atoms with Crippen LogP contribution in [0, 0.1) is 0 Å². The van der Waals surface area contributed by atoms with E-state index in [0.717, 1.165) is 5.56 Å². The summed E-state index contributed by atoms with van der Waals surface area (Å²) in [4.78, 5) is 0. The van der Waals surface area contributed by atoms with Crippen LogP contribution in [0.5, 0.6) is 0 Å². The number of aliphatic hydroxyl groups is 1. The molecule has 1 nitrogen and oxygen atoms in total. The minimum atomic E-state index is 0.160. The summed E-state index contributed by atoms with van der Waals surface area (Å²) in [6, 6.07) is 12.6. The maximum absolute atomic E-state index is 9.49. The lowest BCUT2D eigenvalue weighted by Crippen LogP contribution is -1.93. The number of aliphatic hydroxyl groups excluding tert-OH is 1. The first-order chi connectivity index (χ1) is 7.40. The highest BCUT2D eigenvalue weighted by molar-refractivity contribution is 5.87. The zero-order valence-corrected chi connectivity index (χ0v) is 8.61. The molecule has 1 N–H and O–H groups in total. The minimum Gasteiger partial charge on any atom is -0.392 e. The molecule has 1 heteroatoms. The third-order valence-corrected chi connectivity index (χ3v) is 3.25. The summed E-state index contributed by atoms with van der Waals surface area (Å²) < 4.78 is 0. The van der Waals surface area contributed by atoms with Gasteiger partial charge in [0.15, 0.2) is 0 Å². The Labute approximate surface area is 89.4 Å². The summed E-state index contributed by atoms with van der Waals surface area (Å²) >= 11 is 0. The van der Waals surface area contributed by atoms with E-state index in [-0.39, 0.29) is 6.61 Å². The van der Waals surface area contributed by atoms with Gasteiger partial charge in [-0.1, -0.05) is 36.4 Å². The molecule has 2 aromatic carbocycles. The smallest absolute Gasteiger partial charge is 0.0690 e. The average molecular weight is 198 g/mol. The number of fused-ring (bicyclic) bond motifs is 1. The van der Waals surface area contributed by atoms with Crippen molar-refractivity contribution in [2.45, 2.75) is 25.4 Å². The molecule has 0 heterocycles. The van der Waals surface area contributed by atoms with Crippen LogP contribution in [0.1, 0.15) is 29.9 Å². The van der Waals surface area contributed by atoms with Crippen molar-refractivity contribution in [1.29, 1.82) is 0 Å². The second-order valence-electron chi connectivity index (χ2n) is 4.29. The fourth-order valence-electron chi connectivity index (χ4n) is 2.31. The highest BCUT2D eigenvalue weighted by Gasteiger charge is 2.26. The van der Waals surface area contributed by atoms with Crippen molar-refractivity contribution < 1.29 is 5.11 Å². The molecular formula is C14H14O. The van der Waals surface area contributed by atoms with E-state index in [0.29, 0.717) is 5.92 Å². The molecule has 0 aliphatic heterocycles. The van der Waals surface area contributed by atoms with Crippen molar-refractivity contribution in [1.82, 2.24) is 0 Å². The lowest BCUT2D eigenvalue weighted by Gasteiger charge is -2.10. The van der Waals surface area contributed by atoms with Gasteiger partial charge in [0.05, 0.1) is 6.61 Å². The zero-order chi connectivity index (χ0) is 10.3. The normalized spacial score (nSPS) is 15.8. The monoisotopic (exact) mass is 198 g/mol. The Morgan fingerprint density at radius 2 is 1.87 bits per heavy atom. The molecule has 0 unspecified atom stereocenters. The van der Waals surface area contributed by atoms with Crippen LogP contribution in [-0.4, -0.2) is 5.11 Å². The Bertz CT molecular complexity index is 498. The number of benzene rings is 2. The van der Waals surface area contributed by atoms with Crippen molar-refractivity contribution in [3.05, 3.63) is 47.5 Å². The Balaban J connectivity index is 2.29. The topological polar surface area (TPSA) is 20.2 Å². The van der Waals surface area contributed by atoms with E-state index in [1.165, 1.54) is 29.2 Å². The van der Waals surface area contributed by atoms with Gasteiger partial charge in [-0.3, -0.25) is 0 Å². The van der Waals surface area contributed by atoms with E-state index in [4.69, 9.17) is 0 Å². The van der Waals surface area contributed by atoms with Gasteiger partial charge >= 0.3 is 0 Å². The van der Waals surface area contributed by atoms with E-state index >= 15 is 0 Å². The van der Waals surface area contributed by atoms with E-state index < -0.39 is 0 Å². The largest absolute Gasteiger partial charge is 0.392 e. The molecule has 0 saturated heterocycles. The van der Waals surface area contributed by atoms with Gasteiger partial charge in [-0.2, -0.15) is 0 Å². The molecule has 1 aliphatic carbocycles. The van der Waals surface area contributed by atoms with Crippen LogP contribution < -0.4 is 0 Å². The molecule has 0 aromatic heterocycles. The lowest BCUT2D eigenvalue weighted by molar-refractivity contribution is 0.282.